The Bertz CT molecular complexity index is 315. The number of rotatable bonds is 12. The Balaban J connectivity index is 1.80. The molecule has 1 aromatic carbocycles. The average Bonchev–Trinajstić information content (AvgIpc) is 2.46. The second kappa shape index (κ2) is 11.6. The molecule has 0 fully saturated rings. The maximum absolute atomic E-state index is 9.83. The van der Waals surface area contributed by atoms with Crippen molar-refractivity contribution in [3.05, 3.63) is 35.9 Å². The number of hydrogen-bond donors (Lipinski definition) is 0. The predicted molar refractivity (Wildman–Crippen MR) is 69.8 cm³/mol. The Labute approximate surface area is 113 Å². The van der Waals surface area contributed by atoms with Crippen molar-refractivity contribution in [2.75, 3.05) is 39.6 Å². The van der Waals surface area contributed by atoms with Gasteiger partial charge >= 0.3 is 0 Å². The van der Waals surface area contributed by atoms with E-state index in [9.17, 15) is 4.79 Å². The molecule has 0 aromatic heterocycles. The molecule has 1 aromatic rings. The van der Waals surface area contributed by atoms with E-state index < -0.39 is 0 Å². The van der Waals surface area contributed by atoms with Gasteiger partial charge in [-0.2, -0.15) is 0 Å². The lowest BCUT2D eigenvalue weighted by molar-refractivity contribution is -0.130. The molecule has 19 heavy (non-hydrogen) atoms. The van der Waals surface area contributed by atoms with Crippen LogP contribution in [0.1, 0.15) is 5.56 Å². The Kier molecular flexibility index (Phi) is 9.58. The monoisotopic (exact) mass is 268 g/mol. The van der Waals surface area contributed by atoms with Crippen LogP contribution >= 0.6 is 0 Å². The quantitative estimate of drug-likeness (QED) is 0.424. The molecule has 5 nitrogen and oxygen atoms in total. The highest BCUT2D eigenvalue weighted by Crippen LogP contribution is 1.99. The summed E-state index contributed by atoms with van der Waals surface area (Å²) in [6.07, 6.45) is 0. The third kappa shape index (κ3) is 9.18. The zero-order valence-electron chi connectivity index (χ0n) is 11.0. The summed E-state index contributed by atoms with van der Waals surface area (Å²) in [5.74, 6) is 0. The van der Waals surface area contributed by atoms with Crippen LogP contribution in [0.25, 0.3) is 0 Å². The minimum absolute atomic E-state index is 0.281. The van der Waals surface area contributed by atoms with Crippen LogP contribution in [0.4, 0.5) is 0 Å². The first kappa shape index (κ1) is 15.6. The molecular formula is C14H20O5. The summed E-state index contributed by atoms with van der Waals surface area (Å²) in [4.78, 5) is 9.83. The highest BCUT2D eigenvalue weighted by atomic mass is 16.6. The minimum atomic E-state index is 0.281. The van der Waals surface area contributed by atoms with Gasteiger partial charge in [-0.05, 0) is 5.56 Å². The van der Waals surface area contributed by atoms with Crippen LogP contribution < -0.4 is 0 Å². The van der Waals surface area contributed by atoms with Crippen molar-refractivity contribution in [3.63, 3.8) is 0 Å². The second-order valence-electron chi connectivity index (χ2n) is 3.73. The summed E-state index contributed by atoms with van der Waals surface area (Å²) in [5, 5.41) is 0. The van der Waals surface area contributed by atoms with Gasteiger partial charge in [-0.15, -0.1) is 0 Å². The second-order valence-corrected chi connectivity index (χ2v) is 3.73. The number of carbonyl (C=O) groups is 1. The Morgan fingerprint density at radius 1 is 0.789 bits per heavy atom. The van der Waals surface area contributed by atoms with Crippen molar-refractivity contribution in [3.8, 4) is 0 Å². The van der Waals surface area contributed by atoms with Gasteiger partial charge in [0, 0.05) is 0 Å². The van der Waals surface area contributed by atoms with Crippen LogP contribution in [0.3, 0.4) is 0 Å². The lowest BCUT2D eigenvalue weighted by Crippen LogP contribution is -2.11. The van der Waals surface area contributed by atoms with Crippen LogP contribution in [0.5, 0.6) is 0 Å². The summed E-state index contributed by atoms with van der Waals surface area (Å²) in [6.45, 7) is 3.78. The van der Waals surface area contributed by atoms with Gasteiger partial charge in [-0.1, -0.05) is 30.3 Å². The minimum Gasteiger partial charge on any atom is -0.465 e. The van der Waals surface area contributed by atoms with Crippen LogP contribution in [-0.4, -0.2) is 46.1 Å². The van der Waals surface area contributed by atoms with E-state index >= 15 is 0 Å². The summed E-state index contributed by atoms with van der Waals surface area (Å²) in [5.41, 5.74) is 1.15. The van der Waals surface area contributed by atoms with Gasteiger partial charge in [0.05, 0.1) is 39.6 Å². The molecule has 0 aliphatic carbocycles. The third-order valence-electron chi connectivity index (χ3n) is 2.27. The molecule has 0 bridgehead atoms. The van der Waals surface area contributed by atoms with Gasteiger partial charge in [0.2, 0.25) is 0 Å². The normalized spacial score (nSPS) is 10.3. The molecular weight excluding hydrogens is 248 g/mol. The van der Waals surface area contributed by atoms with Crippen molar-refractivity contribution >= 4 is 6.47 Å². The highest BCUT2D eigenvalue weighted by Gasteiger charge is 1.93. The zero-order chi connectivity index (χ0) is 13.6. The van der Waals surface area contributed by atoms with Gasteiger partial charge in [0.15, 0.2) is 0 Å². The van der Waals surface area contributed by atoms with Crippen LogP contribution in [0, 0.1) is 0 Å². The maximum atomic E-state index is 9.83. The summed E-state index contributed by atoms with van der Waals surface area (Å²) >= 11 is 0. The molecule has 1 rings (SSSR count). The molecule has 0 radical (unpaired) electrons. The fourth-order valence-corrected chi connectivity index (χ4v) is 1.36. The van der Waals surface area contributed by atoms with Gasteiger partial charge in [-0.3, -0.25) is 4.79 Å². The standard InChI is InChI=1S/C14H20O5/c15-13-19-11-9-17-7-6-16-8-10-18-12-14-4-2-1-3-5-14/h1-5,13H,6-12H2. The third-order valence-corrected chi connectivity index (χ3v) is 2.27. The molecule has 0 aliphatic heterocycles. The number of ether oxygens (including phenoxy) is 4. The molecule has 0 N–H and O–H groups in total. The van der Waals surface area contributed by atoms with Crippen LogP contribution in [-0.2, 0) is 30.3 Å². The Morgan fingerprint density at radius 3 is 2.00 bits per heavy atom. The van der Waals surface area contributed by atoms with Crippen molar-refractivity contribution in [1.29, 1.82) is 0 Å². The van der Waals surface area contributed by atoms with E-state index in [1.54, 1.807) is 0 Å². The Hall–Kier alpha value is -1.43. The fraction of sp³-hybridized carbons (Fsp3) is 0.500. The molecule has 0 amide bonds. The Morgan fingerprint density at radius 2 is 1.37 bits per heavy atom. The van der Waals surface area contributed by atoms with E-state index in [1.807, 2.05) is 30.3 Å². The summed E-state index contributed by atoms with van der Waals surface area (Å²) in [7, 11) is 0. The van der Waals surface area contributed by atoms with Crippen LogP contribution in [0.15, 0.2) is 30.3 Å². The van der Waals surface area contributed by atoms with Crippen molar-refractivity contribution < 1.29 is 23.7 Å². The van der Waals surface area contributed by atoms with Gasteiger partial charge in [-0.25, -0.2) is 0 Å². The fourth-order valence-electron chi connectivity index (χ4n) is 1.36. The van der Waals surface area contributed by atoms with Crippen molar-refractivity contribution in [1.82, 2.24) is 0 Å². The van der Waals surface area contributed by atoms with Crippen molar-refractivity contribution in [2.45, 2.75) is 6.61 Å². The first-order valence-corrected chi connectivity index (χ1v) is 6.26. The van der Waals surface area contributed by atoms with E-state index in [-0.39, 0.29) is 6.61 Å². The molecule has 0 heterocycles. The van der Waals surface area contributed by atoms with Crippen molar-refractivity contribution in [2.24, 2.45) is 0 Å². The zero-order valence-corrected chi connectivity index (χ0v) is 11.0. The molecule has 0 aliphatic rings. The maximum Gasteiger partial charge on any atom is 0.293 e. The number of hydrogen-bond acceptors (Lipinski definition) is 5. The first-order chi connectivity index (χ1) is 9.43. The number of benzene rings is 1. The van der Waals surface area contributed by atoms with E-state index in [2.05, 4.69) is 4.74 Å². The van der Waals surface area contributed by atoms with E-state index in [1.165, 1.54) is 0 Å². The van der Waals surface area contributed by atoms with E-state index in [0.29, 0.717) is 46.1 Å². The largest absolute Gasteiger partial charge is 0.465 e. The summed E-state index contributed by atoms with van der Waals surface area (Å²) in [6, 6.07) is 10.0. The van der Waals surface area contributed by atoms with Gasteiger partial charge < -0.3 is 18.9 Å². The lowest BCUT2D eigenvalue weighted by atomic mass is 10.2. The predicted octanol–water partition coefficient (Wildman–Crippen LogP) is 1.41. The van der Waals surface area contributed by atoms with E-state index in [0.717, 1.165) is 5.56 Å². The molecule has 0 spiro atoms. The lowest BCUT2D eigenvalue weighted by Gasteiger charge is -2.06. The van der Waals surface area contributed by atoms with Gasteiger partial charge in [0.25, 0.3) is 6.47 Å². The molecule has 106 valence electrons. The SMILES string of the molecule is O=COCCOCCOCCOCc1ccccc1. The number of carbonyl (C=O) groups excluding carboxylic acids is 1. The van der Waals surface area contributed by atoms with Gasteiger partial charge in [0.1, 0.15) is 6.61 Å². The van der Waals surface area contributed by atoms with Crippen LogP contribution in [0.2, 0.25) is 0 Å². The smallest absolute Gasteiger partial charge is 0.293 e. The molecule has 0 unspecified atom stereocenters. The van der Waals surface area contributed by atoms with E-state index in [4.69, 9.17) is 14.2 Å². The molecule has 0 saturated heterocycles. The average molecular weight is 268 g/mol. The molecule has 0 saturated carbocycles. The molecule has 5 heteroatoms. The molecule has 0 atom stereocenters. The first-order valence-electron chi connectivity index (χ1n) is 6.26. The summed E-state index contributed by atoms with van der Waals surface area (Å²) < 4.78 is 20.4. The highest BCUT2D eigenvalue weighted by molar-refractivity contribution is 5.36. The topological polar surface area (TPSA) is 54.0 Å².